The molecule has 24 heavy (non-hydrogen) atoms. The highest BCUT2D eigenvalue weighted by atomic mass is 35.5. The average molecular weight is 349 g/mol. The first-order chi connectivity index (χ1) is 11.0. The molecule has 0 aliphatic carbocycles. The second-order valence-corrected chi connectivity index (χ2v) is 5.82. The van der Waals surface area contributed by atoms with E-state index < -0.39 is 0 Å². The Kier molecular flexibility index (Phi) is 8.30. The summed E-state index contributed by atoms with van der Waals surface area (Å²) in [6.07, 6.45) is 1.13. The molecule has 0 spiro atoms. The predicted octanol–water partition coefficient (Wildman–Crippen LogP) is 3.95. The number of hydrogen-bond acceptors (Lipinski definition) is 3. The van der Waals surface area contributed by atoms with Gasteiger partial charge in [0.25, 0.3) is 0 Å². The van der Waals surface area contributed by atoms with Crippen LogP contribution in [0.1, 0.15) is 30.9 Å². The van der Waals surface area contributed by atoms with Gasteiger partial charge in [-0.15, -0.1) is 12.4 Å². The highest BCUT2D eigenvalue weighted by Gasteiger charge is 2.08. The number of ether oxygens (including phenoxy) is 1. The largest absolute Gasteiger partial charge is 0.457 e. The standard InChI is InChI=1S/C19H24N2O2.ClH/c1-14-8-10-16(13-21-19(22)11-9-15(2)20)18(12-14)23-17-6-4-3-5-7-17;/h3-8,10,12,15H,9,11,13,20H2,1-2H3,(H,21,22);1H. The van der Waals surface area contributed by atoms with Gasteiger partial charge in [-0.1, -0.05) is 30.3 Å². The molecule has 0 aromatic heterocycles. The summed E-state index contributed by atoms with van der Waals surface area (Å²) in [7, 11) is 0. The van der Waals surface area contributed by atoms with Crippen LogP contribution in [-0.4, -0.2) is 11.9 Å². The fourth-order valence-electron chi connectivity index (χ4n) is 2.16. The van der Waals surface area contributed by atoms with E-state index in [-0.39, 0.29) is 24.4 Å². The molecule has 3 N–H and O–H groups in total. The molecule has 0 heterocycles. The van der Waals surface area contributed by atoms with Crippen molar-refractivity contribution in [3.05, 3.63) is 59.7 Å². The van der Waals surface area contributed by atoms with Gasteiger partial charge < -0.3 is 15.8 Å². The molecule has 2 aromatic rings. The smallest absolute Gasteiger partial charge is 0.220 e. The van der Waals surface area contributed by atoms with Crippen molar-refractivity contribution in [2.75, 3.05) is 0 Å². The van der Waals surface area contributed by atoms with E-state index in [1.54, 1.807) is 0 Å². The van der Waals surface area contributed by atoms with Crippen LogP contribution in [0, 0.1) is 6.92 Å². The maximum atomic E-state index is 11.8. The molecule has 4 nitrogen and oxygen atoms in total. The van der Waals surface area contributed by atoms with Crippen LogP contribution in [-0.2, 0) is 11.3 Å². The quantitative estimate of drug-likeness (QED) is 0.796. The fraction of sp³-hybridized carbons (Fsp3) is 0.316. The van der Waals surface area contributed by atoms with Crippen molar-refractivity contribution in [3.8, 4) is 11.5 Å². The molecular formula is C19H25ClN2O2. The van der Waals surface area contributed by atoms with E-state index in [2.05, 4.69) is 5.32 Å². The summed E-state index contributed by atoms with van der Waals surface area (Å²) in [5.74, 6) is 1.56. The first-order valence-corrected chi connectivity index (χ1v) is 7.89. The molecule has 130 valence electrons. The number of carbonyl (C=O) groups excluding carboxylic acids is 1. The molecule has 5 heteroatoms. The minimum atomic E-state index is 0. The zero-order chi connectivity index (χ0) is 16.7. The Bertz CT molecular complexity index is 645. The Labute approximate surface area is 149 Å². The van der Waals surface area contributed by atoms with Crippen molar-refractivity contribution in [1.29, 1.82) is 0 Å². The maximum Gasteiger partial charge on any atom is 0.220 e. The Hall–Kier alpha value is -2.04. The first-order valence-electron chi connectivity index (χ1n) is 7.89. The zero-order valence-corrected chi connectivity index (χ0v) is 14.9. The van der Waals surface area contributed by atoms with Gasteiger partial charge in [0.1, 0.15) is 11.5 Å². The predicted molar refractivity (Wildman–Crippen MR) is 99.7 cm³/mol. The summed E-state index contributed by atoms with van der Waals surface area (Å²) < 4.78 is 5.95. The molecule has 0 aliphatic heterocycles. The minimum absolute atomic E-state index is 0. The molecule has 2 rings (SSSR count). The molecule has 0 bridgehead atoms. The Morgan fingerprint density at radius 3 is 2.58 bits per heavy atom. The highest BCUT2D eigenvalue weighted by Crippen LogP contribution is 2.26. The normalized spacial score (nSPS) is 11.3. The number of benzene rings is 2. The molecule has 0 fully saturated rings. The van der Waals surface area contributed by atoms with Crippen LogP contribution in [0.3, 0.4) is 0 Å². The van der Waals surface area contributed by atoms with E-state index in [4.69, 9.17) is 10.5 Å². The van der Waals surface area contributed by atoms with E-state index in [0.29, 0.717) is 19.4 Å². The molecule has 2 aromatic carbocycles. The first kappa shape index (κ1) is 20.0. The number of rotatable bonds is 7. The van der Waals surface area contributed by atoms with Gasteiger partial charge in [-0.05, 0) is 44.0 Å². The van der Waals surface area contributed by atoms with Crippen LogP contribution in [0.2, 0.25) is 0 Å². The molecule has 0 saturated heterocycles. The van der Waals surface area contributed by atoms with Crippen molar-refractivity contribution >= 4 is 18.3 Å². The third kappa shape index (κ3) is 6.60. The topological polar surface area (TPSA) is 64.4 Å². The molecule has 0 saturated carbocycles. The zero-order valence-electron chi connectivity index (χ0n) is 14.1. The summed E-state index contributed by atoms with van der Waals surface area (Å²) in [5, 5.41) is 2.93. The molecule has 1 amide bonds. The van der Waals surface area contributed by atoms with Gasteiger partial charge in [0, 0.05) is 24.6 Å². The lowest BCUT2D eigenvalue weighted by Crippen LogP contribution is -2.25. The van der Waals surface area contributed by atoms with Crippen LogP contribution in [0.15, 0.2) is 48.5 Å². The Morgan fingerprint density at radius 1 is 1.21 bits per heavy atom. The molecule has 1 atom stereocenters. The van der Waals surface area contributed by atoms with Crippen LogP contribution in [0.5, 0.6) is 11.5 Å². The lowest BCUT2D eigenvalue weighted by atomic mass is 10.1. The van der Waals surface area contributed by atoms with Gasteiger partial charge in [-0.2, -0.15) is 0 Å². The average Bonchev–Trinajstić information content (AvgIpc) is 2.53. The Balaban J connectivity index is 0.00000288. The lowest BCUT2D eigenvalue weighted by molar-refractivity contribution is -0.121. The number of nitrogens with two attached hydrogens (primary N) is 1. The van der Waals surface area contributed by atoms with Crippen LogP contribution < -0.4 is 15.8 Å². The number of hydrogen-bond donors (Lipinski definition) is 2. The van der Waals surface area contributed by atoms with Crippen molar-refractivity contribution in [2.45, 2.75) is 39.3 Å². The Morgan fingerprint density at radius 2 is 1.92 bits per heavy atom. The second kappa shape index (κ2) is 9.96. The highest BCUT2D eigenvalue weighted by molar-refractivity contribution is 5.85. The fourth-order valence-corrected chi connectivity index (χ4v) is 2.16. The van der Waals surface area contributed by atoms with Gasteiger partial charge in [0.2, 0.25) is 5.91 Å². The second-order valence-electron chi connectivity index (χ2n) is 5.82. The van der Waals surface area contributed by atoms with Gasteiger partial charge in [-0.25, -0.2) is 0 Å². The maximum absolute atomic E-state index is 11.8. The number of carbonyl (C=O) groups is 1. The number of nitrogens with one attached hydrogen (secondary N) is 1. The van der Waals surface area contributed by atoms with Gasteiger partial charge in [-0.3, -0.25) is 4.79 Å². The number of aryl methyl sites for hydroxylation is 1. The summed E-state index contributed by atoms with van der Waals surface area (Å²) in [6, 6.07) is 15.7. The number of para-hydroxylation sites is 1. The van der Waals surface area contributed by atoms with Crippen molar-refractivity contribution in [2.24, 2.45) is 5.73 Å². The molecular weight excluding hydrogens is 324 g/mol. The lowest BCUT2D eigenvalue weighted by Gasteiger charge is -2.13. The van der Waals surface area contributed by atoms with Crippen LogP contribution in [0.4, 0.5) is 0 Å². The summed E-state index contributed by atoms with van der Waals surface area (Å²) >= 11 is 0. The van der Waals surface area contributed by atoms with Crippen molar-refractivity contribution < 1.29 is 9.53 Å². The van der Waals surface area contributed by atoms with E-state index in [1.165, 1.54) is 0 Å². The van der Waals surface area contributed by atoms with Crippen molar-refractivity contribution in [3.63, 3.8) is 0 Å². The number of amides is 1. The van der Waals surface area contributed by atoms with E-state index >= 15 is 0 Å². The molecule has 1 unspecified atom stereocenters. The summed E-state index contributed by atoms with van der Waals surface area (Å²) in [6.45, 7) is 4.36. The summed E-state index contributed by atoms with van der Waals surface area (Å²) in [4.78, 5) is 11.8. The van der Waals surface area contributed by atoms with Crippen molar-refractivity contribution in [1.82, 2.24) is 5.32 Å². The third-order valence-electron chi connectivity index (χ3n) is 3.50. The van der Waals surface area contributed by atoms with Crippen LogP contribution in [0.25, 0.3) is 0 Å². The number of halogens is 1. The van der Waals surface area contributed by atoms with Gasteiger partial charge in [0.05, 0.1) is 0 Å². The van der Waals surface area contributed by atoms with E-state index in [9.17, 15) is 4.79 Å². The van der Waals surface area contributed by atoms with Crippen LogP contribution >= 0.6 is 12.4 Å². The van der Waals surface area contributed by atoms with Gasteiger partial charge >= 0.3 is 0 Å². The summed E-state index contributed by atoms with van der Waals surface area (Å²) in [5.41, 5.74) is 7.74. The monoisotopic (exact) mass is 348 g/mol. The SMILES string of the molecule is Cc1ccc(CNC(=O)CCC(C)N)c(Oc2ccccc2)c1.Cl. The van der Waals surface area contributed by atoms with E-state index in [1.807, 2.05) is 62.4 Å². The minimum Gasteiger partial charge on any atom is -0.457 e. The van der Waals surface area contributed by atoms with Gasteiger partial charge in [0.15, 0.2) is 0 Å². The molecule has 0 aliphatic rings. The van der Waals surface area contributed by atoms with E-state index in [0.717, 1.165) is 22.6 Å². The molecule has 0 radical (unpaired) electrons. The third-order valence-corrected chi connectivity index (χ3v) is 3.50.